The zero-order valence-corrected chi connectivity index (χ0v) is 15.4. The molecule has 0 unspecified atom stereocenters. The molecule has 1 amide bonds. The largest absolute Gasteiger partial charge is 0.497 e. The van der Waals surface area contributed by atoms with Gasteiger partial charge in [-0.3, -0.25) is 4.79 Å². The van der Waals surface area contributed by atoms with E-state index in [0.717, 1.165) is 23.5 Å². The van der Waals surface area contributed by atoms with Crippen LogP contribution < -0.4 is 14.8 Å². The molecule has 0 aliphatic carbocycles. The van der Waals surface area contributed by atoms with Gasteiger partial charge in [0.1, 0.15) is 11.5 Å². The zero-order valence-electron chi connectivity index (χ0n) is 14.6. The molecule has 2 rings (SSSR count). The molecule has 0 spiro atoms. The molecule has 0 aliphatic rings. The average Bonchev–Trinajstić information content (AvgIpc) is 2.65. The van der Waals surface area contributed by atoms with Gasteiger partial charge in [-0.05, 0) is 54.8 Å². The van der Waals surface area contributed by atoms with Crippen molar-refractivity contribution in [3.8, 4) is 11.5 Å². The molecule has 0 radical (unpaired) electrons. The first-order valence-electron chi connectivity index (χ1n) is 8.44. The van der Waals surface area contributed by atoms with E-state index in [0.29, 0.717) is 24.5 Å². The number of methoxy groups -OCH3 is 1. The third-order valence-electron chi connectivity index (χ3n) is 3.89. The number of carbonyl (C=O) groups is 1. The fraction of sp³-hybridized carbons (Fsp3) is 0.350. The molecule has 134 valence electrons. The number of carbonyl (C=O) groups excluding carboxylic acids is 1. The molecule has 25 heavy (non-hydrogen) atoms. The van der Waals surface area contributed by atoms with Gasteiger partial charge in [-0.15, -0.1) is 0 Å². The van der Waals surface area contributed by atoms with E-state index >= 15 is 0 Å². The molecule has 4 nitrogen and oxygen atoms in total. The molecule has 2 aromatic rings. The van der Waals surface area contributed by atoms with Crippen LogP contribution in [0.3, 0.4) is 0 Å². The summed E-state index contributed by atoms with van der Waals surface area (Å²) in [5.74, 6) is 1.60. The van der Waals surface area contributed by atoms with Gasteiger partial charge in [0.25, 0.3) is 0 Å². The summed E-state index contributed by atoms with van der Waals surface area (Å²) in [5.41, 5.74) is 1.08. The molecule has 0 bridgehead atoms. The van der Waals surface area contributed by atoms with Gasteiger partial charge in [-0.25, -0.2) is 0 Å². The summed E-state index contributed by atoms with van der Waals surface area (Å²) in [6, 6.07) is 15.0. The standard InChI is InChI=1S/C20H24ClNO3/c1-3-19(15-6-10-17(24-2)11-7-15)22-20(23)5-4-14-25-18-12-8-16(21)9-13-18/h6-13,19H,3-5,14H2,1-2H3,(H,22,23)/t19-/m1/s1. The molecule has 0 saturated heterocycles. The first-order valence-corrected chi connectivity index (χ1v) is 8.82. The van der Waals surface area contributed by atoms with Crippen molar-refractivity contribution in [1.82, 2.24) is 5.32 Å². The van der Waals surface area contributed by atoms with Crippen molar-refractivity contribution in [2.45, 2.75) is 32.2 Å². The highest BCUT2D eigenvalue weighted by Crippen LogP contribution is 2.20. The summed E-state index contributed by atoms with van der Waals surface area (Å²) in [4.78, 5) is 12.2. The van der Waals surface area contributed by atoms with Crippen LogP contribution in [-0.2, 0) is 4.79 Å². The number of hydrogen-bond acceptors (Lipinski definition) is 3. The highest BCUT2D eigenvalue weighted by Gasteiger charge is 2.12. The molecule has 0 aromatic heterocycles. The number of amides is 1. The van der Waals surface area contributed by atoms with E-state index in [4.69, 9.17) is 21.1 Å². The molecule has 1 atom stereocenters. The van der Waals surface area contributed by atoms with Crippen molar-refractivity contribution in [3.63, 3.8) is 0 Å². The van der Waals surface area contributed by atoms with Gasteiger partial charge >= 0.3 is 0 Å². The molecular weight excluding hydrogens is 338 g/mol. The Bertz CT molecular complexity index is 656. The summed E-state index contributed by atoms with van der Waals surface area (Å²) in [6.45, 7) is 2.55. The lowest BCUT2D eigenvalue weighted by molar-refractivity contribution is -0.122. The minimum Gasteiger partial charge on any atom is -0.497 e. The monoisotopic (exact) mass is 361 g/mol. The normalized spacial score (nSPS) is 11.6. The second-order valence-electron chi connectivity index (χ2n) is 5.71. The van der Waals surface area contributed by atoms with E-state index in [1.54, 1.807) is 19.2 Å². The Morgan fingerprint density at radius 3 is 2.32 bits per heavy atom. The number of hydrogen-bond donors (Lipinski definition) is 1. The molecule has 0 saturated carbocycles. The minimum absolute atomic E-state index is 0.00981. The van der Waals surface area contributed by atoms with Crippen molar-refractivity contribution in [2.75, 3.05) is 13.7 Å². The minimum atomic E-state index is 0.00981. The maximum absolute atomic E-state index is 12.2. The van der Waals surface area contributed by atoms with Crippen molar-refractivity contribution < 1.29 is 14.3 Å². The van der Waals surface area contributed by atoms with E-state index in [1.807, 2.05) is 36.4 Å². The van der Waals surface area contributed by atoms with Crippen molar-refractivity contribution in [1.29, 1.82) is 0 Å². The van der Waals surface area contributed by atoms with Crippen LogP contribution in [0.1, 0.15) is 37.8 Å². The first-order chi connectivity index (χ1) is 12.1. The van der Waals surface area contributed by atoms with Gasteiger partial charge < -0.3 is 14.8 Å². The molecule has 1 N–H and O–H groups in total. The summed E-state index contributed by atoms with van der Waals surface area (Å²) >= 11 is 5.83. The zero-order chi connectivity index (χ0) is 18.1. The van der Waals surface area contributed by atoms with Crippen LogP contribution >= 0.6 is 11.6 Å². The Labute approximate surface area is 154 Å². The molecular formula is C20H24ClNO3. The van der Waals surface area contributed by atoms with E-state index in [9.17, 15) is 4.79 Å². The van der Waals surface area contributed by atoms with Gasteiger partial charge in [0, 0.05) is 11.4 Å². The Hall–Kier alpha value is -2.20. The fourth-order valence-electron chi connectivity index (χ4n) is 2.48. The van der Waals surface area contributed by atoms with Crippen molar-refractivity contribution in [2.24, 2.45) is 0 Å². The fourth-order valence-corrected chi connectivity index (χ4v) is 2.60. The Balaban J connectivity index is 1.74. The van der Waals surface area contributed by atoms with Gasteiger partial charge in [0.15, 0.2) is 0 Å². The van der Waals surface area contributed by atoms with E-state index in [1.165, 1.54) is 0 Å². The Morgan fingerprint density at radius 1 is 1.08 bits per heavy atom. The van der Waals surface area contributed by atoms with Crippen LogP contribution in [0.4, 0.5) is 0 Å². The maximum Gasteiger partial charge on any atom is 0.220 e. The van der Waals surface area contributed by atoms with Crippen LogP contribution in [0, 0.1) is 0 Å². The third kappa shape index (κ3) is 6.31. The van der Waals surface area contributed by atoms with Gasteiger partial charge in [-0.1, -0.05) is 30.7 Å². The number of halogens is 1. The van der Waals surface area contributed by atoms with Gasteiger partial charge in [0.2, 0.25) is 5.91 Å². The molecule has 0 aliphatic heterocycles. The highest BCUT2D eigenvalue weighted by molar-refractivity contribution is 6.30. The molecule has 2 aromatic carbocycles. The predicted molar refractivity (Wildman–Crippen MR) is 100 cm³/mol. The number of rotatable bonds is 9. The van der Waals surface area contributed by atoms with E-state index in [2.05, 4.69) is 12.2 Å². The van der Waals surface area contributed by atoms with Gasteiger partial charge in [0.05, 0.1) is 19.8 Å². The number of ether oxygens (including phenoxy) is 2. The smallest absolute Gasteiger partial charge is 0.220 e. The Morgan fingerprint density at radius 2 is 1.72 bits per heavy atom. The summed E-state index contributed by atoms with van der Waals surface area (Å²) in [5, 5.41) is 3.75. The maximum atomic E-state index is 12.2. The van der Waals surface area contributed by atoms with E-state index < -0.39 is 0 Å². The number of benzene rings is 2. The second kappa shape index (κ2) is 9.94. The quantitative estimate of drug-likeness (QED) is 0.654. The third-order valence-corrected chi connectivity index (χ3v) is 4.14. The van der Waals surface area contributed by atoms with Crippen LogP contribution in [0.5, 0.6) is 11.5 Å². The van der Waals surface area contributed by atoms with Crippen LogP contribution in [0.2, 0.25) is 5.02 Å². The lowest BCUT2D eigenvalue weighted by Crippen LogP contribution is -2.28. The van der Waals surface area contributed by atoms with Crippen LogP contribution in [0.25, 0.3) is 0 Å². The lowest BCUT2D eigenvalue weighted by atomic mass is 10.0. The van der Waals surface area contributed by atoms with Crippen LogP contribution in [-0.4, -0.2) is 19.6 Å². The SMILES string of the molecule is CC[C@@H](NC(=O)CCCOc1ccc(Cl)cc1)c1ccc(OC)cc1. The average molecular weight is 362 g/mol. The lowest BCUT2D eigenvalue weighted by Gasteiger charge is -2.18. The van der Waals surface area contributed by atoms with Crippen molar-refractivity contribution >= 4 is 17.5 Å². The molecule has 0 heterocycles. The van der Waals surface area contributed by atoms with Crippen molar-refractivity contribution in [3.05, 3.63) is 59.1 Å². The molecule has 5 heteroatoms. The van der Waals surface area contributed by atoms with Gasteiger partial charge in [-0.2, -0.15) is 0 Å². The van der Waals surface area contributed by atoms with Crippen LogP contribution in [0.15, 0.2) is 48.5 Å². The highest BCUT2D eigenvalue weighted by atomic mass is 35.5. The second-order valence-corrected chi connectivity index (χ2v) is 6.14. The topological polar surface area (TPSA) is 47.6 Å². The molecule has 0 fully saturated rings. The summed E-state index contributed by atoms with van der Waals surface area (Å²) < 4.78 is 10.8. The number of nitrogens with one attached hydrogen (secondary N) is 1. The summed E-state index contributed by atoms with van der Waals surface area (Å²) in [6.07, 6.45) is 1.92. The predicted octanol–water partition coefficient (Wildman–Crippen LogP) is 4.78. The first kappa shape index (κ1) is 19.1. The van der Waals surface area contributed by atoms with E-state index in [-0.39, 0.29) is 11.9 Å². The Kier molecular flexibility index (Phi) is 7.61. The summed E-state index contributed by atoms with van der Waals surface area (Å²) in [7, 11) is 1.64.